The van der Waals surface area contributed by atoms with Crippen LogP contribution >= 0.6 is 11.3 Å². The predicted octanol–water partition coefficient (Wildman–Crippen LogP) is 5.73. The molecule has 1 aliphatic carbocycles. The molecule has 36 heavy (non-hydrogen) atoms. The third kappa shape index (κ3) is 4.66. The number of amides is 3. The number of fused-ring (bicyclic) bond motifs is 2. The highest BCUT2D eigenvalue weighted by Crippen LogP contribution is 2.36. The van der Waals surface area contributed by atoms with Gasteiger partial charge in [-0.1, -0.05) is 60.7 Å². The highest BCUT2D eigenvalue weighted by atomic mass is 32.1. The third-order valence-corrected chi connectivity index (χ3v) is 8.67. The van der Waals surface area contributed by atoms with Crippen LogP contribution in [0.1, 0.15) is 54.7 Å². The van der Waals surface area contributed by atoms with E-state index in [1.54, 1.807) is 11.3 Å². The molecule has 3 fully saturated rings. The lowest BCUT2D eigenvalue weighted by Crippen LogP contribution is -2.66. The molecule has 1 saturated carbocycles. The van der Waals surface area contributed by atoms with Crippen LogP contribution in [0.5, 0.6) is 0 Å². The Hall–Kier alpha value is -3.12. The number of carbonyl (C=O) groups is 2. The molecule has 2 aromatic carbocycles. The number of piperidine rings is 1. The summed E-state index contributed by atoms with van der Waals surface area (Å²) in [5.41, 5.74) is 3.26. The van der Waals surface area contributed by atoms with Crippen LogP contribution in [0.4, 0.5) is 4.79 Å². The number of likely N-dealkylation sites (tertiary alicyclic amines) is 1. The summed E-state index contributed by atoms with van der Waals surface area (Å²) in [4.78, 5) is 34.3. The van der Waals surface area contributed by atoms with E-state index in [9.17, 15) is 9.59 Å². The first-order chi connectivity index (χ1) is 17.7. The third-order valence-electron chi connectivity index (χ3n) is 7.94. The Morgan fingerprint density at radius 2 is 1.47 bits per heavy atom. The molecule has 5 nitrogen and oxygen atoms in total. The summed E-state index contributed by atoms with van der Waals surface area (Å²) in [6.45, 7) is 1.93. The molecule has 3 aromatic rings. The maximum absolute atomic E-state index is 14.1. The number of hydrogen-bond acceptors (Lipinski definition) is 3. The van der Waals surface area contributed by atoms with E-state index in [2.05, 4.69) is 26.6 Å². The number of thiophene rings is 1. The summed E-state index contributed by atoms with van der Waals surface area (Å²) < 4.78 is 0. The van der Waals surface area contributed by atoms with Crippen molar-refractivity contribution in [3.8, 4) is 0 Å². The van der Waals surface area contributed by atoms with Gasteiger partial charge in [0.25, 0.3) is 0 Å². The standard InChI is InChI=1S/C30H33N3O2S/c34-29(28(23-8-3-1-4-9-23)24-10-5-2-6-11-24)31-19-26-12-7-13-27(20-31)33(26)30(35)32(25-14-15-25)18-22-16-17-36-21-22/h1-6,8-11,16-17,21,25-28H,7,12-15,18-20H2/t26-,27+. The van der Waals surface area contributed by atoms with Gasteiger partial charge in [-0.05, 0) is 65.6 Å². The Morgan fingerprint density at radius 3 is 2.00 bits per heavy atom. The van der Waals surface area contributed by atoms with Crippen molar-refractivity contribution in [3.63, 3.8) is 0 Å². The SMILES string of the molecule is O=C(C(c1ccccc1)c1ccccc1)N1C[C@H]2CCC[C@@H](C1)N2C(=O)N(Cc1ccsc1)C1CC1. The fourth-order valence-corrected chi connectivity index (χ4v) is 6.68. The zero-order valence-corrected chi connectivity index (χ0v) is 21.4. The molecule has 2 bridgehead atoms. The Kier molecular flexibility index (Phi) is 6.53. The molecule has 2 atom stereocenters. The molecule has 6 heteroatoms. The Labute approximate surface area is 217 Å². The Morgan fingerprint density at radius 1 is 0.861 bits per heavy atom. The summed E-state index contributed by atoms with van der Waals surface area (Å²) in [5.74, 6) is -0.175. The first-order valence-electron chi connectivity index (χ1n) is 13.2. The summed E-state index contributed by atoms with van der Waals surface area (Å²) in [5, 5.41) is 4.23. The maximum Gasteiger partial charge on any atom is 0.321 e. The van der Waals surface area contributed by atoms with Crippen LogP contribution in [-0.4, -0.2) is 57.9 Å². The average Bonchev–Trinajstić information content (AvgIpc) is 3.62. The van der Waals surface area contributed by atoms with Gasteiger partial charge in [-0.25, -0.2) is 4.79 Å². The lowest BCUT2D eigenvalue weighted by Gasteiger charge is -2.51. The predicted molar refractivity (Wildman–Crippen MR) is 143 cm³/mol. The van der Waals surface area contributed by atoms with E-state index in [4.69, 9.17) is 0 Å². The van der Waals surface area contributed by atoms with Crippen molar-refractivity contribution >= 4 is 23.3 Å². The molecule has 2 aliphatic heterocycles. The van der Waals surface area contributed by atoms with Gasteiger partial charge in [0, 0.05) is 25.7 Å². The van der Waals surface area contributed by atoms with E-state index < -0.39 is 0 Å². The van der Waals surface area contributed by atoms with Crippen molar-refractivity contribution in [2.24, 2.45) is 0 Å². The highest BCUT2D eigenvalue weighted by Gasteiger charge is 2.46. The van der Waals surface area contributed by atoms with Crippen molar-refractivity contribution in [1.29, 1.82) is 0 Å². The zero-order valence-electron chi connectivity index (χ0n) is 20.5. The van der Waals surface area contributed by atoms with Gasteiger partial charge in [0.1, 0.15) is 0 Å². The van der Waals surface area contributed by atoms with Crippen LogP contribution in [0.2, 0.25) is 0 Å². The number of nitrogens with zero attached hydrogens (tertiary/aromatic N) is 3. The number of carbonyl (C=O) groups excluding carboxylic acids is 2. The van der Waals surface area contributed by atoms with Crippen molar-refractivity contribution in [1.82, 2.24) is 14.7 Å². The highest BCUT2D eigenvalue weighted by molar-refractivity contribution is 7.07. The van der Waals surface area contributed by atoms with E-state index in [1.165, 1.54) is 5.56 Å². The molecule has 0 spiro atoms. The van der Waals surface area contributed by atoms with Crippen LogP contribution in [0, 0.1) is 0 Å². The van der Waals surface area contributed by atoms with Gasteiger partial charge in [-0.15, -0.1) is 0 Å². The van der Waals surface area contributed by atoms with Gasteiger partial charge in [0.15, 0.2) is 0 Å². The minimum absolute atomic E-state index is 0.0878. The van der Waals surface area contributed by atoms with E-state index in [1.807, 2.05) is 65.6 Å². The average molecular weight is 500 g/mol. The second-order valence-electron chi connectivity index (χ2n) is 10.4. The molecule has 3 aliphatic rings. The zero-order chi connectivity index (χ0) is 24.5. The number of rotatable bonds is 6. The van der Waals surface area contributed by atoms with Gasteiger partial charge in [0.05, 0.1) is 18.0 Å². The summed E-state index contributed by atoms with van der Waals surface area (Å²) in [6, 6.07) is 23.0. The number of benzene rings is 2. The molecule has 0 N–H and O–H groups in total. The molecular weight excluding hydrogens is 466 g/mol. The number of piperazine rings is 1. The number of urea groups is 1. The quantitative estimate of drug-likeness (QED) is 0.435. The molecule has 6 rings (SSSR count). The minimum atomic E-state index is -0.322. The van der Waals surface area contributed by atoms with Gasteiger partial charge in [0.2, 0.25) is 5.91 Å². The lowest BCUT2D eigenvalue weighted by atomic mass is 9.87. The topological polar surface area (TPSA) is 43.9 Å². The fraction of sp³-hybridized carbons (Fsp3) is 0.400. The van der Waals surface area contributed by atoms with Crippen LogP contribution in [-0.2, 0) is 11.3 Å². The molecule has 3 heterocycles. The lowest BCUT2D eigenvalue weighted by molar-refractivity contribution is -0.137. The van der Waals surface area contributed by atoms with Crippen LogP contribution in [0.3, 0.4) is 0 Å². The van der Waals surface area contributed by atoms with Gasteiger partial charge in [-0.2, -0.15) is 11.3 Å². The normalized spacial score (nSPS) is 21.5. The van der Waals surface area contributed by atoms with Crippen LogP contribution in [0.15, 0.2) is 77.5 Å². The second kappa shape index (κ2) is 10.1. The minimum Gasteiger partial charge on any atom is -0.338 e. The smallest absolute Gasteiger partial charge is 0.321 e. The van der Waals surface area contributed by atoms with E-state index in [0.29, 0.717) is 25.7 Å². The van der Waals surface area contributed by atoms with Crippen molar-refractivity contribution in [2.45, 2.75) is 62.7 Å². The monoisotopic (exact) mass is 499 g/mol. The first-order valence-corrected chi connectivity index (χ1v) is 14.1. The van der Waals surface area contributed by atoms with Crippen LogP contribution in [0.25, 0.3) is 0 Å². The number of hydrogen-bond donors (Lipinski definition) is 0. The van der Waals surface area contributed by atoms with Gasteiger partial charge < -0.3 is 14.7 Å². The molecule has 3 amide bonds. The Bertz CT molecular complexity index is 1130. The summed E-state index contributed by atoms with van der Waals surface area (Å²) in [6.07, 6.45) is 5.24. The van der Waals surface area contributed by atoms with Gasteiger partial charge >= 0.3 is 6.03 Å². The summed E-state index contributed by atoms with van der Waals surface area (Å²) >= 11 is 1.68. The molecule has 186 valence electrons. The molecule has 0 unspecified atom stereocenters. The molecule has 1 aromatic heterocycles. The molecular formula is C30H33N3O2S. The molecule has 2 saturated heterocycles. The fourth-order valence-electron chi connectivity index (χ4n) is 6.02. The molecule has 0 radical (unpaired) electrons. The van der Waals surface area contributed by atoms with E-state index >= 15 is 0 Å². The first kappa shape index (κ1) is 23.3. The largest absolute Gasteiger partial charge is 0.338 e. The van der Waals surface area contributed by atoms with E-state index in [-0.39, 0.29) is 29.9 Å². The Balaban J connectivity index is 1.24. The van der Waals surface area contributed by atoms with Crippen LogP contribution < -0.4 is 0 Å². The summed E-state index contributed by atoms with van der Waals surface area (Å²) in [7, 11) is 0. The maximum atomic E-state index is 14.1. The van der Waals surface area contributed by atoms with Crippen molar-refractivity contribution < 1.29 is 9.59 Å². The van der Waals surface area contributed by atoms with Crippen molar-refractivity contribution in [2.75, 3.05) is 13.1 Å². The second-order valence-corrected chi connectivity index (χ2v) is 11.2. The van der Waals surface area contributed by atoms with Gasteiger partial charge in [-0.3, -0.25) is 4.79 Å². The van der Waals surface area contributed by atoms with Crippen molar-refractivity contribution in [3.05, 3.63) is 94.2 Å². The van der Waals surface area contributed by atoms with E-state index in [0.717, 1.165) is 43.2 Å².